The molecular weight excluding hydrogens is 336 g/mol. The molecule has 9 heteroatoms. The van der Waals surface area contributed by atoms with Crippen molar-refractivity contribution in [2.24, 2.45) is 0 Å². The highest BCUT2D eigenvalue weighted by Gasteiger charge is 2.25. The van der Waals surface area contributed by atoms with Crippen molar-refractivity contribution in [2.75, 3.05) is 24.7 Å². The molecule has 0 bridgehead atoms. The van der Waals surface area contributed by atoms with Crippen LogP contribution in [0.4, 0.5) is 10.5 Å². The number of nitrogens with zero attached hydrogens (tertiary/aromatic N) is 2. The summed E-state index contributed by atoms with van der Waals surface area (Å²) >= 11 is 1.55. The zero-order chi connectivity index (χ0) is 16.4. The molecule has 1 aliphatic heterocycles. The maximum Gasteiger partial charge on any atom is 0.319 e. The van der Waals surface area contributed by atoms with Gasteiger partial charge in [-0.15, -0.1) is 11.3 Å². The van der Waals surface area contributed by atoms with Crippen LogP contribution in [0.25, 0.3) is 10.2 Å². The second-order valence-corrected chi connectivity index (χ2v) is 8.44. The normalized spacial score (nSPS) is 17.3. The van der Waals surface area contributed by atoms with Crippen LogP contribution in [0, 0.1) is 0 Å². The zero-order valence-electron chi connectivity index (χ0n) is 12.7. The molecule has 7 nitrogen and oxygen atoms in total. The van der Waals surface area contributed by atoms with Crippen LogP contribution in [-0.2, 0) is 10.0 Å². The number of hydrogen-bond acceptors (Lipinski definition) is 5. The Morgan fingerprint density at radius 3 is 2.78 bits per heavy atom. The molecule has 1 fully saturated rings. The highest BCUT2D eigenvalue weighted by atomic mass is 32.2. The number of rotatable bonds is 3. The van der Waals surface area contributed by atoms with Gasteiger partial charge in [0.15, 0.2) is 0 Å². The van der Waals surface area contributed by atoms with Crippen LogP contribution in [-0.4, -0.2) is 49.1 Å². The summed E-state index contributed by atoms with van der Waals surface area (Å²) < 4.78 is 25.4. The average Bonchev–Trinajstić information content (AvgIpc) is 2.94. The molecule has 1 aliphatic rings. The molecule has 2 amide bonds. The van der Waals surface area contributed by atoms with E-state index in [2.05, 4.69) is 15.6 Å². The molecule has 0 radical (unpaired) electrons. The van der Waals surface area contributed by atoms with Crippen molar-refractivity contribution in [1.29, 1.82) is 0 Å². The molecule has 3 rings (SSSR count). The maximum absolute atomic E-state index is 12.1. The van der Waals surface area contributed by atoms with E-state index in [1.54, 1.807) is 16.8 Å². The Hall–Kier alpha value is -1.71. The highest BCUT2D eigenvalue weighted by molar-refractivity contribution is 7.88. The molecule has 124 valence electrons. The molecule has 2 N–H and O–H groups in total. The van der Waals surface area contributed by atoms with Gasteiger partial charge in [-0.3, -0.25) is 0 Å². The third-order valence-electron chi connectivity index (χ3n) is 3.85. The van der Waals surface area contributed by atoms with Crippen molar-refractivity contribution < 1.29 is 13.2 Å². The van der Waals surface area contributed by atoms with E-state index in [9.17, 15) is 13.2 Å². The molecule has 0 unspecified atom stereocenters. The summed E-state index contributed by atoms with van der Waals surface area (Å²) in [6, 6.07) is 5.30. The van der Waals surface area contributed by atoms with Gasteiger partial charge in [-0.05, 0) is 31.0 Å². The van der Waals surface area contributed by atoms with Crippen molar-refractivity contribution in [3.8, 4) is 0 Å². The van der Waals surface area contributed by atoms with Crippen molar-refractivity contribution in [3.05, 3.63) is 23.7 Å². The van der Waals surface area contributed by atoms with Gasteiger partial charge < -0.3 is 10.6 Å². The van der Waals surface area contributed by atoms with E-state index >= 15 is 0 Å². The summed E-state index contributed by atoms with van der Waals surface area (Å²) in [7, 11) is -3.14. The predicted octanol–water partition coefficient (Wildman–Crippen LogP) is 1.84. The lowest BCUT2D eigenvalue weighted by atomic mass is 10.1. The summed E-state index contributed by atoms with van der Waals surface area (Å²) in [5, 5.41) is 5.69. The van der Waals surface area contributed by atoms with Crippen LogP contribution in [0.1, 0.15) is 12.8 Å². The summed E-state index contributed by atoms with van der Waals surface area (Å²) in [4.78, 5) is 16.3. The molecule has 1 aromatic heterocycles. The third-order valence-corrected chi connectivity index (χ3v) is 5.96. The largest absolute Gasteiger partial charge is 0.335 e. The van der Waals surface area contributed by atoms with Gasteiger partial charge in [0.25, 0.3) is 0 Å². The number of fused-ring (bicyclic) bond motifs is 1. The third kappa shape index (κ3) is 3.98. The monoisotopic (exact) mass is 354 g/mol. The van der Waals surface area contributed by atoms with Crippen LogP contribution in [0.15, 0.2) is 23.7 Å². The fourth-order valence-corrected chi connectivity index (χ4v) is 4.15. The zero-order valence-corrected chi connectivity index (χ0v) is 14.3. The molecule has 0 atom stereocenters. The summed E-state index contributed by atoms with van der Waals surface area (Å²) in [5.74, 6) is 0. The number of urea groups is 1. The van der Waals surface area contributed by atoms with Crippen LogP contribution in [0.2, 0.25) is 0 Å². The van der Waals surface area contributed by atoms with Crippen molar-refractivity contribution in [3.63, 3.8) is 0 Å². The molecular formula is C14H18N4O3S2. The van der Waals surface area contributed by atoms with E-state index in [0.29, 0.717) is 31.6 Å². The van der Waals surface area contributed by atoms with Crippen LogP contribution < -0.4 is 10.6 Å². The van der Waals surface area contributed by atoms with Crippen molar-refractivity contribution in [2.45, 2.75) is 18.9 Å². The standard InChI is InChI=1S/C14H18N4O3S2/c1-23(20,21)18-6-4-10(5-7-18)16-14(19)17-11-2-3-13-12(8-11)15-9-22-13/h2-3,8-10H,4-7H2,1H3,(H2,16,17,19). The van der Waals surface area contributed by atoms with Crippen LogP contribution >= 0.6 is 11.3 Å². The van der Waals surface area contributed by atoms with E-state index in [-0.39, 0.29) is 12.1 Å². The lowest BCUT2D eigenvalue weighted by Gasteiger charge is -2.30. The lowest BCUT2D eigenvalue weighted by Crippen LogP contribution is -2.47. The van der Waals surface area contributed by atoms with Crippen molar-refractivity contribution >= 4 is 43.3 Å². The van der Waals surface area contributed by atoms with Gasteiger partial charge in [0.1, 0.15) is 0 Å². The Bertz CT molecular complexity index is 810. The van der Waals surface area contributed by atoms with E-state index in [1.807, 2.05) is 18.2 Å². The van der Waals surface area contributed by atoms with Crippen LogP contribution in [0.3, 0.4) is 0 Å². The van der Waals surface area contributed by atoms with Crippen LogP contribution in [0.5, 0.6) is 0 Å². The fourth-order valence-electron chi connectivity index (χ4n) is 2.62. The van der Waals surface area contributed by atoms with Gasteiger partial charge in [0.05, 0.1) is 22.0 Å². The van der Waals surface area contributed by atoms with E-state index < -0.39 is 10.0 Å². The van der Waals surface area contributed by atoms with Gasteiger partial charge >= 0.3 is 6.03 Å². The Morgan fingerprint density at radius 2 is 2.09 bits per heavy atom. The number of benzene rings is 1. The number of aromatic nitrogens is 1. The first kappa shape index (κ1) is 16.2. The minimum absolute atomic E-state index is 0.0176. The SMILES string of the molecule is CS(=O)(=O)N1CCC(NC(=O)Nc2ccc3scnc3c2)CC1. The first-order valence-corrected chi connectivity index (χ1v) is 10.0. The summed E-state index contributed by atoms with van der Waals surface area (Å²) in [6.07, 6.45) is 2.44. The lowest BCUT2D eigenvalue weighted by molar-refractivity contribution is 0.238. The highest BCUT2D eigenvalue weighted by Crippen LogP contribution is 2.21. The minimum atomic E-state index is -3.14. The molecule has 0 aliphatic carbocycles. The molecule has 0 saturated carbocycles. The van der Waals surface area contributed by atoms with Gasteiger partial charge in [-0.25, -0.2) is 22.5 Å². The number of piperidine rings is 1. The number of nitrogens with one attached hydrogen (secondary N) is 2. The smallest absolute Gasteiger partial charge is 0.319 e. The van der Waals surface area contributed by atoms with Gasteiger partial charge in [0.2, 0.25) is 10.0 Å². The Labute approximate surface area is 138 Å². The summed E-state index contributed by atoms with van der Waals surface area (Å²) in [6.45, 7) is 0.878. The quantitative estimate of drug-likeness (QED) is 0.880. The first-order chi connectivity index (χ1) is 10.9. The Kier molecular flexibility index (Phi) is 4.51. The number of sulfonamides is 1. The topological polar surface area (TPSA) is 91.4 Å². The number of hydrogen-bond donors (Lipinski definition) is 2. The number of carbonyl (C=O) groups excluding carboxylic acids is 1. The maximum atomic E-state index is 12.1. The second-order valence-electron chi connectivity index (χ2n) is 5.57. The minimum Gasteiger partial charge on any atom is -0.335 e. The van der Waals surface area contributed by atoms with E-state index in [1.165, 1.54) is 10.6 Å². The van der Waals surface area contributed by atoms with E-state index in [0.717, 1.165) is 10.2 Å². The number of anilines is 1. The fraction of sp³-hybridized carbons (Fsp3) is 0.429. The van der Waals surface area contributed by atoms with Gasteiger partial charge in [-0.2, -0.15) is 0 Å². The molecule has 1 aromatic carbocycles. The number of amides is 2. The van der Waals surface area contributed by atoms with Gasteiger partial charge in [0, 0.05) is 24.8 Å². The van der Waals surface area contributed by atoms with Crippen molar-refractivity contribution in [1.82, 2.24) is 14.6 Å². The average molecular weight is 354 g/mol. The molecule has 23 heavy (non-hydrogen) atoms. The Balaban J connectivity index is 1.53. The number of carbonyl (C=O) groups is 1. The molecule has 1 saturated heterocycles. The molecule has 0 spiro atoms. The molecule has 2 heterocycles. The van der Waals surface area contributed by atoms with E-state index in [4.69, 9.17) is 0 Å². The predicted molar refractivity (Wildman–Crippen MR) is 91.2 cm³/mol. The Morgan fingerprint density at radius 1 is 1.35 bits per heavy atom. The number of thiazole rings is 1. The first-order valence-electron chi connectivity index (χ1n) is 7.28. The summed E-state index contributed by atoms with van der Waals surface area (Å²) in [5.41, 5.74) is 3.31. The molecule has 2 aromatic rings. The second kappa shape index (κ2) is 6.42. The van der Waals surface area contributed by atoms with Gasteiger partial charge in [-0.1, -0.05) is 0 Å².